The number of piperidine rings is 2. The van der Waals surface area contributed by atoms with Crippen LogP contribution >= 0.6 is 0 Å². The molecule has 4 heterocycles. The highest BCUT2D eigenvalue weighted by Gasteiger charge is 2.53. The van der Waals surface area contributed by atoms with Crippen LogP contribution in [-0.2, 0) is 35.5 Å². The zero-order valence-electron chi connectivity index (χ0n) is 38.5. The Morgan fingerprint density at radius 1 is 0.562 bits per heavy atom. The van der Waals surface area contributed by atoms with Gasteiger partial charge in [-0.05, 0) is 174 Å². The third kappa shape index (κ3) is 11.3. The molecule has 2 spiro atoms. The number of ether oxygens (including phenoxy) is 2. The second-order valence-corrected chi connectivity index (χ2v) is 20.2. The van der Waals surface area contributed by atoms with E-state index in [-0.39, 0.29) is 46.4 Å². The first-order valence-electron chi connectivity index (χ1n) is 23.7. The van der Waals surface area contributed by atoms with Gasteiger partial charge in [-0.15, -0.1) is 0 Å². The Morgan fingerprint density at radius 3 is 1.31 bits per heavy atom. The highest BCUT2D eigenvalue weighted by Crippen LogP contribution is 2.49. The van der Waals surface area contributed by atoms with Crippen LogP contribution in [0, 0.1) is 34.3 Å². The summed E-state index contributed by atoms with van der Waals surface area (Å²) in [5.74, 6) is 3.03. The highest BCUT2D eigenvalue weighted by molar-refractivity contribution is 5.81. The van der Waals surface area contributed by atoms with Gasteiger partial charge in [0.05, 0.1) is 13.2 Å². The average molecular weight is 875 g/mol. The van der Waals surface area contributed by atoms with Crippen molar-refractivity contribution in [1.82, 2.24) is 19.6 Å². The first kappa shape index (κ1) is 45.8. The van der Waals surface area contributed by atoms with E-state index in [0.29, 0.717) is 38.5 Å². The smallest absolute Gasteiger partial charge is 0.223 e. The molecule has 8 nitrogen and oxygen atoms in total. The summed E-state index contributed by atoms with van der Waals surface area (Å²) >= 11 is 0. The number of carbonyl (C=O) groups is 2. The molecule has 2 unspecified atom stereocenters. The molecule has 5 fully saturated rings. The van der Waals surface area contributed by atoms with Gasteiger partial charge in [-0.2, -0.15) is 0 Å². The number of amides is 2. The third-order valence-electron chi connectivity index (χ3n) is 14.8. The topological polar surface area (TPSA) is 65.6 Å². The van der Waals surface area contributed by atoms with Crippen LogP contribution in [-0.4, -0.2) is 97.0 Å². The van der Waals surface area contributed by atoms with E-state index in [4.69, 9.17) is 9.47 Å². The maximum Gasteiger partial charge on any atom is 0.223 e. The first-order chi connectivity index (χ1) is 30.8. The molecular formula is C54H68F2N4O4. The minimum atomic E-state index is -0.220. The lowest BCUT2D eigenvalue weighted by Crippen LogP contribution is -2.47. The summed E-state index contributed by atoms with van der Waals surface area (Å²) in [6, 6.07) is 30.2. The number of hydrogen-bond acceptors (Lipinski definition) is 6. The summed E-state index contributed by atoms with van der Waals surface area (Å²) < 4.78 is 38.6. The summed E-state index contributed by atoms with van der Waals surface area (Å²) in [6.45, 7) is 11.1. The predicted molar refractivity (Wildman–Crippen MR) is 248 cm³/mol. The van der Waals surface area contributed by atoms with Gasteiger partial charge >= 0.3 is 0 Å². The van der Waals surface area contributed by atoms with E-state index in [0.717, 1.165) is 111 Å². The third-order valence-corrected chi connectivity index (χ3v) is 14.8. The lowest BCUT2D eigenvalue weighted by Gasteiger charge is -2.43. The first-order valence-corrected chi connectivity index (χ1v) is 23.7. The van der Waals surface area contributed by atoms with E-state index < -0.39 is 0 Å². The lowest BCUT2D eigenvalue weighted by molar-refractivity contribution is -0.130. The zero-order valence-corrected chi connectivity index (χ0v) is 38.5. The number of benzene rings is 4. The van der Waals surface area contributed by atoms with Gasteiger partial charge < -0.3 is 29.1 Å². The molecule has 1 aliphatic carbocycles. The van der Waals surface area contributed by atoms with Gasteiger partial charge in [0.25, 0.3) is 0 Å². The Morgan fingerprint density at radius 2 is 0.938 bits per heavy atom. The van der Waals surface area contributed by atoms with E-state index in [1.165, 1.54) is 37.1 Å². The van der Waals surface area contributed by atoms with E-state index in [9.17, 15) is 18.4 Å². The molecular weight excluding hydrogens is 807 g/mol. The molecule has 0 aromatic heterocycles. The van der Waals surface area contributed by atoms with Crippen molar-refractivity contribution >= 4 is 11.8 Å². The molecule has 4 aliphatic heterocycles. The molecule has 0 N–H and O–H groups in total. The van der Waals surface area contributed by atoms with Crippen LogP contribution in [0.15, 0.2) is 97.1 Å². The molecule has 10 heteroatoms. The quantitative estimate of drug-likeness (QED) is 0.126. The summed E-state index contributed by atoms with van der Waals surface area (Å²) in [5.41, 5.74) is 4.43. The molecule has 5 aliphatic rings. The fourth-order valence-electron chi connectivity index (χ4n) is 10.5. The van der Waals surface area contributed by atoms with Crippen LogP contribution in [0.5, 0.6) is 11.5 Å². The molecule has 0 radical (unpaired) electrons. The Balaban J connectivity index is 0.000000175. The maximum atomic E-state index is 13.5. The molecule has 9 rings (SSSR count). The number of halogens is 2. The molecule has 342 valence electrons. The van der Waals surface area contributed by atoms with Crippen molar-refractivity contribution in [2.75, 3.05) is 53.5 Å². The Kier molecular flexibility index (Phi) is 14.4. The molecule has 4 aromatic rings. The van der Waals surface area contributed by atoms with Crippen LogP contribution in [0.25, 0.3) is 0 Å². The van der Waals surface area contributed by atoms with Crippen molar-refractivity contribution < 1.29 is 27.8 Å². The molecule has 1 saturated carbocycles. The molecule has 2 amide bonds. The van der Waals surface area contributed by atoms with E-state index in [1.807, 2.05) is 48.5 Å². The second kappa shape index (κ2) is 20.2. The van der Waals surface area contributed by atoms with E-state index >= 15 is 0 Å². The number of nitrogens with zero attached hydrogens (tertiary/aromatic N) is 4. The summed E-state index contributed by atoms with van der Waals surface area (Å²) in [5, 5.41) is 0. The average Bonchev–Trinajstić information content (AvgIpc) is 4.05. The van der Waals surface area contributed by atoms with Crippen molar-refractivity contribution in [2.24, 2.45) is 22.7 Å². The molecule has 64 heavy (non-hydrogen) atoms. The van der Waals surface area contributed by atoms with E-state index in [1.54, 1.807) is 0 Å². The predicted octanol–water partition coefficient (Wildman–Crippen LogP) is 9.59. The standard InChI is InChI=1S/C27H33FN2O2.C27H35FN2O2/c1-29-14-12-27(13-15-29)17-26(31)30(25(27)16-20-4-8-23(28)9-5-20)18-21-6-10-24(11-7-21)32-19-22-2-3-22;1-20(2)19-32-24-10-6-22(7-11-24)18-30-25(16-21-4-8-23(28)9-5-21)27(17-26(30)31)12-14-29(3)15-13-27/h4-11,22,25H,2-3,12-19H2,1H3;4-11,20,25H,12-19H2,1-3H3. The van der Waals surface area contributed by atoms with Crippen LogP contribution in [0.4, 0.5) is 8.78 Å². The van der Waals surface area contributed by atoms with Crippen molar-refractivity contribution in [2.45, 2.75) is 103 Å². The van der Waals surface area contributed by atoms with Crippen LogP contribution in [0.3, 0.4) is 0 Å². The fraction of sp³-hybridized carbons (Fsp3) is 0.519. The Hall–Kier alpha value is -4.80. The molecule has 4 saturated heterocycles. The van der Waals surface area contributed by atoms with Gasteiger partial charge in [0.2, 0.25) is 11.8 Å². The number of likely N-dealkylation sites (tertiary alicyclic amines) is 4. The van der Waals surface area contributed by atoms with Gasteiger partial charge in [0.15, 0.2) is 0 Å². The number of hydrogen-bond donors (Lipinski definition) is 0. The van der Waals surface area contributed by atoms with E-state index in [2.05, 4.69) is 71.8 Å². The van der Waals surface area contributed by atoms with Crippen molar-refractivity contribution in [3.05, 3.63) is 131 Å². The Bertz CT molecular complexity index is 2000. The normalized spacial score (nSPS) is 22.0. The summed E-state index contributed by atoms with van der Waals surface area (Å²) in [4.78, 5) is 35.4. The molecule has 2 atom stereocenters. The van der Waals surface area contributed by atoms with Crippen LogP contribution in [0.2, 0.25) is 0 Å². The second-order valence-electron chi connectivity index (χ2n) is 20.2. The van der Waals surface area contributed by atoms with Gasteiger partial charge in [-0.1, -0.05) is 62.4 Å². The lowest BCUT2D eigenvalue weighted by atomic mass is 9.70. The minimum absolute atomic E-state index is 0.00169. The van der Waals surface area contributed by atoms with Crippen LogP contribution in [0.1, 0.15) is 87.5 Å². The highest BCUT2D eigenvalue weighted by atomic mass is 19.1. The van der Waals surface area contributed by atoms with Crippen molar-refractivity contribution in [1.29, 1.82) is 0 Å². The SMILES string of the molecule is CC(C)COc1ccc(CN2C(=O)CC3(CCN(C)CC3)C2Cc2ccc(F)cc2)cc1.CN1CCC2(CC1)CC(=O)N(Cc1ccc(OCC3CC3)cc1)C2Cc1ccc(F)cc1. The van der Waals surface area contributed by atoms with Gasteiger partial charge in [0, 0.05) is 48.8 Å². The largest absolute Gasteiger partial charge is 0.493 e. The van der Waals surface area contributed by atoms with Gasteiger partial charge in [-0.25, -0.2) is 8.78 Å². The minimum Gasteiger partial charge on any atom is -0.493 e. The number of carbonyl (C=O) groups excluding carboxylic acids is 2. The number of rotatable bonds is 14. The maximum absolute atomic E-state index is 13.5. The Labute approximate surface area is 379 Å². The van der Waals surface area contributed by atoms with Gasteiger partial charge in [0.1, 0.15) is 23.1 Å². The van der Waals surface area contributed by atoms with Gasteiger partial charge in [-0.3, -0.25) is 9.59 Å². The fourth-order valence-corrected chi connectivity index (χ4v) is 10.5. The van der Waals surface area contributed by atoms with Crippen LogP contribution < -0.4 is 9.47 Å². The van der Waals surface area contributed by atoms with Crippen molar-refractivity contribution in [3.8, 4) is 11.5 Å². The summed E-state index contributed by atoms with van der Waals surface area (Å²) in [6.07, 6.45) is 9.46. The molecule has 0 bridgehead atoms. The van der Waals surface area contributed by atoms with Crippen molar-refractivity contribution in [3.63, 3.8) is 0 Å². The molecule has 4 aromatic carbocycles. The monoisotopic (exact) mass is 875 g/mol. The zero-order chi connectivity index (χ0) is 44.8. The summed E-state index contributed by atoms with van der Waals surface area (Å²) in [7, 11) is 4.31.